The van der Waals surface area contributed by atoms with Gasteiger partial charge in [0.1, 0.15) is 0 Å². The van der Waals surface area contributed by atoms with E-state index in [9.17, 15) is 4.79 Å². The zero-order valence-corrected chi connectivity index (χ0v) is 14.6. The number of nitrogens with one attached hydrogen (secondary N) is 1. The van der Waals surface area contributed by atoms with Crippen LogP contribution in [0.3, 0.4) is 0 Å². The Morgan fingerprint density at radius 2 is 1.23 bits per heavy atom. The zero-order valence-electron chi connectivity index (χ0n) is 14.6. The minimum atomic E-state index is -0.0980. The highest BCUT2D eigenvalue weighted by Crippen LogP contribution is 2.37. The first-order valence-corrected chi connectivity index (χ1v) is 8.67. The topological polar surface area (TPSA) is 32.9 Å². The fraction of sp³-hybridized carbons (Fsp3) is 0.0417. The number of rotatable bonds is 3. The van der Waals surface area contributed by atoms with E-state index in [1.165, 1.54) is 5.56 Å². The van der Waals surface area contributed by atoms with E-state index in [0.29, 0.717) is 0 Å². The number of aromatic nitrogens is 1. The van der Waals surface area contributed by atoms with Crippen LogP contribution in [-0.4, -0.2) is 4.98 Å². The molecular weight excluding hydrogens is 318 g/mol. The molecule has 2 nitrogen and oxygen atoms in total. The lowest BCUT2D eigenvalue weighted by Gasteiger charge is -2.16. The second kappa shape index (κ2) is 6.85. The number of pyridine rings is 1. The summed E-state index contributed by atoms with van der Waals surface area (Å²) in [5.74, 6) is 0. The van der Waals surface area contributed by atoms with Crippen molar-refractivity contribution in [2.45, 2.75) is 6.92 Å². The average molecular weight is 337 g/mol. The largest absolute Gasteiger partial charge is 0.321 e. The maximum atomic E-state index is 12.5. The number of H-pyrrole nitrogens is 1. The lowest BCUT2D eigenvalue weighted by molar-refractivity contribution is 1.24. The van der Waals surface area contributed by atoms with Crippen molar-refractivity contribution in [1.29, 1.82) is 0 Å². The van der Waals surface area contributed by atoms with Crippen LogP contribution in [0.25, 0.3) is 33.5 Å². The predicted octanol–water partition coefficient (Wildman–Crippen LogP) is 5.68. The molecule has 0 saturated carbocycles. The van der Waals surface area contributed by atoms with Gasteiger partial charge in [-0.2, -0.15) is 0 Å². The van der Waals surface area contributed by atoms with E-state index in [1.54, 1.807) is 6.07 Å². The van der Waals surface area contributed by atoms with Gasteiger partial charge < -0.3 is 4.98 Å². The second-order valence-corrected chi connectivity index (χ2v) is 6.40. The molecule has 0 fully saturated rings. The lowest BCUT2D eigenvalue weighted by atomic mass is 9.91. The van der Waals surface area contributed by atoms with Gasteiger partial charge in [-0.3, -0.25) is 4.79 Å². The number of hydrogen-bond donors (Lipinski definition) is 1. The first-order valence-electron chi connectivity index (χ1n) is 8.67. The highest BCUT2D eigenvalue weighted by atomic mass is 16.1. The molecule has 0 aliphatic heterocycles. The van der Waals surface area contributed by atoms with Crippen LogP contribution in [0.2, 0.25) is 0 Å². The highest BCUT2D eigenvalue weighted by Gasteiger charge is 2.15. The number of hydrogen-bond acceptors (Lipinski definition) is 1. The van der Waals surface area contributed by atoms with Gasteiger partial charge in [-0.05, 0) is 29.2 Å². The molecular formula is C24H19NO. The Morgan fingerprint density at radius 3 is 1.85 bits per heavy atom. The predicted molar refractivity (Wildman–Crippen MR) is 108 cm³/mol. The van der Waals surface area contributed by atoms with Gasteiger partial charge in [-0.1, -0.05) is 90.5 Å². The summed E-state index contributed by atoms with van der Waals surface area (Å²) in [6, 6.07) is 30.2. The Labute approximate surface area is 152 Å². The van der Waals surface area contributed by atoms with Gasteiger partial charge in [0.05, 0.1) is 5.69 Å². The molecule has 1 aromatic heterocycles. The molecule has 0 radical (unpaired) electrons. The second-order valence-electron chi connectivity index (χ2n) is 6.40. The van der Waals surface area contributed by atoms with Crippen LogP contribution in [0.1, 0.15) is 5.56 Å². The first kappa shape index (κ1) is 16.1. The van der Waals surface area contributed by atoms with Crippen LogP contribution in [-0.2, 0) is 0 Å². The molecule has 1 heterocycles. The van der Waals surface area contributed by atoms with Gasteiger partial charge in [0, 0.05) is 11.6 Å². The van der Waals surface area contributed by atoms with E-state index in [1.807, 2.05) is 48.5 Å². The number of aryl methyl sites for hydroxylation is 1. The van der Waals surface area contributed by atoms with Crippen molar-refractivity contribution in [3.63, 3.8) is 0 Å². The zero-order chi connectivity index (χ0) is 17.9. The Morgan fingerprint density at radius 1 is 0.654 bits per heavy atom. The van der Waals surface area contributed by atoms with Gasteiger partial charge in [0.25, 0.3) is 0 Å². The van der Waals surface area contributed by atoms with Crippen LogP contribution < -0.4 is 5.56 Å². The fourth-order valence-corrected chi connectivity index (χ4v) is 3.25. The summed E-state index contributed by atoms with van der Waals surface area (Å²) in [7, 11) is 0. The van der Waals surface area contributed by atoms with Gasteiger partial charge >= 0.3 is 0 Å². The molecule has 0 spiro atoms. The summed E-state index contributed by atoms with van der Waals surface area (Å²) >= 11 is 0. The van der Waals surface area contributed by atoms with E-state index >= 15 is 0 Å². The van der Waals surface area contributed by atoms with Crippen LogP contribution in [0.5, 0.6) is 0 Å². The van der Waals surface area contributed by atoms with Crippen molar-refractivity contribution in [3.05, 3.63) is 107 Å². The van der Waals surface area contributed by atoms with Crippen molar-refractivity contribution in [3.8, 4) is 33.5 Å². The maximum Gasteiger partial charge on any atom is 0.249 e. The van der Waals surface area contributed by atoms with Crippen molar-refractivity contribution in [2.75, 3.05) is 0 Å². The summed E-state index contributed by atoms with van der Waals surface area (Å²) in [6.07, 6.45) is 0. The van der Waals surface area contributed by atoms with Gasteiger partial charge in [-0.25, -0.2) is 0 Å². The van der Waals surface area contributed by atoms with Crippen molar-refractivity contribution in [2.24, 2.45) is 0 Å². The third-order valence-corrected chi connectivity index (χ3v) is 4.53. The monoisotopic (exact) mass is 337 g/mol. The van der Waals surface area contributed by atoms with Crippen molar-refractivity contribution < 1.29 is 0 Å². The molecule has 2 heteroatoms. The van der Waals surface area contributed by atoms with Crippen LogP contribution >= 0.6 is 0 Å². The molecule has 0 saturated heterocycles. The quantitative estimate of drug-likeness (QED) is 0.512. The number of aromatic amines is 1. The molecule has 0 aliphatic carbocycles. The van der Waals surface area contributed by atoms with Gasteiger partial charge in [-0.15, -0.1) is 0 Å². The third-order valence-electron chi connectivity index (χ3n) is 4.53. The molecule has 0 bridgehead atoms. The van der Waals surface area contributed by atoms with Crippen molar-refractivity contribution >= 4 is 0 Å². The van der Waals surface area contributed by atoms with E-state index < -0.39 is 0 Å². The number of benzene rings is 3. The van der Waals surface area contributed by atoms with Crippen molar-refractivity contribution in [1.82, 2.24) is 4.98 Å². The Kier molecular flexibility index (Phi) is 4.24. The molecule has 126 valence electrons. The van der Waals surface area contributed by atoms with Gasteiger partial charge in [0.15, 0.2) is 0 Å². The summed E-state index contributed by atoms with van der Waals surface area (Å²) in [5.41, 5.74) is 7.04. The summed E-state index contributed by atoms with van der Waals surface area (Å²) < 4.78 is 0. The summed E-state index contributed by atoms with van der Waals surface area (Å²) in [4.78, 5) is 15.5. The SMILES string of the molecule is Cc1ccc(-c2[nH]c(=O)cc(-c3ccccc3)c2-c2ccccc2)cc1. The van der Waals surface area contributed by atoms with Gasteiger partial charge in [0.2, 0.25) is 5.56 Å². The van der Waals surface area contributed by atoms with E-state index in [2.05, 4.69) is 48.3 Å². The molecule has 3 aromatic carbocycles. The fourth-order valence-electron chi connectivity index (χ4n) is 3.25. The Hall–Kier alpha value is -3.39. The minimum Gasteiger partial charge on any atom is -0.321 e. The highest BCUT2D eigenvalue weighted by molar-refractivity contribution is 5.92. The Bertz CT molecular complexity index is 1080. The van der Waals surface area contributed by atoms with Crippen LogP contribution in [0.4, 0.5) is 0 Å². The Balaban J connectivity index is 2.07. The first-order chi connectivity index (χ1) is 12.7. The molecule has 0 atom stereocenters. The molecule has 0 unspecified atom stereocenters. The lowest BCUT2D eigenvalue weighted by Crippen LogP contribution is -2.08. The summed E-state index contributed by atoms with van der Waals surface area (Å²) in [6.45, 7) is 2.06. The molecule has 0 aliphatic rings. The molecule has 0 amide bonds. The average Bonchev–Trinajstić information content (AvgIpc) is 2.69. The van der Waals surface area contributed by atoms with Crippen LogP contribution in [0.15, 0.2) is 95.8 Å². The third kappa shape index (κ3) is 3.09. The van der Waals surface area contributed by atoms with E-state index in [4.69, 9.17) is 0 Å². The molecule has 1 N–H and O–H groups in total. The minimum absolute atomic E-state index is 0.0980. The smallest absolute Gasteiger partial charge is 0.249 e. The molecule has 4 rings (SSSR count). The molecule has 4 aromatic rings. The molecule has 26 heavy (non-hydrogen) atoms. The van der Waals surface area contributed by atoms with E-state index in [0.717, 1.165) is 33.5 Å². The standard InChI is InChI=1S/C24H19NO/c1-17-12-14-20(15-13-17)24-23(19-10-6-3-7-11-19)21(16-22(26)25-24)18-8-4-2-5-9-18/h2-16H,1H3,(H,25,26). The summed E-state index contributed by atoms with van der Waals surface area (Å²) in [5, 5.41) is 0. The maximum absolute atomic E-state index is 12.5. The van der Waals surface area contributed by atoms with Crippen LogP contribution in [0, 0.1) is 6.92 Å². The normalized spacial score (nSPS) is 10.7. The van der Waals surface area contributed by atoms with E-state index in [-0.39, 0.29) is 5.56 Å².